The number of aliphatic hydroxyl groups excluding tert-OH is 2. The molecule has 12 heteroatoms. The van der Waals surface area contributed by atoms with Crippen molar-refractivity contribution in [3.63, 3.8) is 0 Å². The lowest BCUT2D eigenvalue weighted by molar-refractivity contribution is 0.159. The van der Waals surface area contributed by atoms with Crippen molar-refractivity contribution < 1.29 is 38.9 Å². The Morgan fingerprint density at radius 2 is 1.33 bits per heavy atom. The summed E-state index contributed by atoms with van der Waals surface area (Å²) in [6, 6.07) is 0. The highest BCUT2D eigenvalue weighted by Crippen LogP contribution is 2.58. The fourth-order valence-corrected chi connectivity index (χ4v) is 4.05. The Kier molecular flexibility index (Phi) is 10.1. The third-order valence-corrected chi connectivity index (χ3v) is 6.14. The zero-order valence-corrected chi connectivity index (χ0v) is 13.4. The molecule has 0 aliphatic heterocycles. The molecule has 0 radical (unpaired) electrons. The van der Waals surface area contributed by atoms with E-state index in [9.17, 15) is 9.13 Å². The first kappa shape index (κ1) is 21.1. The second-order valence-corrected chi connectivity index (χ2v) is 8.30. The van der Waals surface area contributed by atoms with Crippen LogP contribution in [0, 0.1) is 0 Å². The van der Waals surface area contributed by atoms with E-state index in [0.29, 0.717) is 32.5 Å². The predicted octanol–water partition coefficient (Wildman–Crippen LogP) is -1.72. The molecule has 0 fully saturated rings. The van der Waals surface area contributed by atoms with Gasteiger partial charge in [0.15, 0.2) is 0 Å². The Balaban J connectivity index is 4.12. The molecule has 0 aromatic carbocycles. The molecule has 0 rings (SSSR count). The maximum absolute atomic E-state index is 11.0. The fourth-order valence-electron chi connectivity index (χ4n) is 1.74. The van der Waals surface area contributed by atoms with Crippen molar-refractivity contribution >= 4 is 15.2 Å². The van der Waals surface area contributed by atoms with E-state index in [1.165, 1.54) is 0 Å². The van der Waals surface area contributed by atoms with Gasteiger partial charge in [0.05, 0.1) is 13.2 Å². The molecular formula is C9H24N2O8P2. The van der Waals surface area contributed by atoms with Gasteiger partial charge in [0.25, 0.3) is 0 Å². The van der Waals surface area contributed by atoms with Crippen LogP contribution in [0.15, 0.2) is 0 Å². The van der Waals surface area contributed by atoms with Crippen molar-refractivity contribution in [2.45, 2.75) is 18.4 Å². The summed E-state index contributed by atoms with van der Waals surface area (Å²) in [5, 5.41) is 19.8. The summed E-state index contributed by atoms with van der Waals surface area (Å²) in [6.45, 7) is 1.31. The van der Waals surface area contributed by atoms with Gasteiger partial charge < -0.3 is 29.8 Å². The first-order valence-electron chi connectivity index (χ1n) is 6.40. The van der Waals surface area contributed by atoms with Gasteiger partial charge in [0.1, 0.15) is 0 Å². The minimum absolute atomic E-state index is 0.0347. The van der Waals surface area contributed by atoms with Crippen LogP contribution in [0.25, 0.3) is 0 Å². The van der Waals surface area contributed by atoms with Gasteiger partial charge in [-0.1, -0.05) is 0 Å². The standard InChI is InChI=1S/C9H24N2O8P2/c12-7-5-11(6-8-13)4-2-1-3-10-9(20(14,15)16)21(17,18)19/h9-10,12-13H,1-8H2,(H2,14,15,16)(H2,17,18,19). The summed E-state index contributed by atoms with van der Waals surface area (Å²) < 4.78 is 22.0. The lowest BCUT2D eigenvalue weighted by atomic mass is 10.3. The Morgan fingerprint density at radius 1 is 0.857 bits per heavy atom. The van der Waals surface area contributed by atoms with E-state index in [4.69, 9.17) is 29.8 Å². The molecule has 0 unspecified atom stereocenters. The van der Waals surface area contributed by atoms with E-state index in [-0.39, 0.29) is 19.8 Å². The van der Waals surface area contributed by atoms with Gasteiger partial charge in [0, 0.05) is 13.1 Å². The van der Waals surface area contributed by atoms with Crippen LogP contribution in [0.3, 0.4) is 0 Å². The Labute approximate surface area is 123 Å². The molecule has 128 valence electrons. The molecule has 10 nitrogen and oxygen atoms in total. The topological polar surface area (TPSA) is 171 Å². The Bertz CT molecular complexity index is 343. The Hall–Kier alpha value is 0.140. The molecule has 7 N–H and O–H groups in total. The van der Waals surface area contributed by atoms with Crippen LogP contribution in [0.5, 0.6) is 0 Å². The largest absolute Gasteiger partial charge is 0.395 e. The molecule has 0 saturated heterocycles. The van der Waals surface area contributed by atoms with Gasteiger partial charge in [0.2, 0.25) is 5.52 Å². The van der Waals surface area contributed by atoms with Gasteiger partial charge in [-0.25, -0.2) is 0 Å². The zero-order valence-electron chi connectivity index (χ0n) is 11.6. The molecule has 0 spiro atoms. The van der Waals surface area contributed by atoms with Crippen LogP contribution in [-0.4, -0.2) is 79.6 Å². The third kappa shape index (κ3) is 9.70. The lowest BCUT2D eigenvalue weighted by Gasteiger charge is -2.22. The van der Waals surface area contributed by atoms with Crippen LogP contribution in [0.1, 0.15) is 12.8 Å². The van der Waals surface area contributed by atoms with Crippen molar-refractivity contribution in [1.82, 2.24) is 10.2 Å². The highest BCUT2D eigenvalue weighted by molar-refractivity contribution is 7.70. The third-order valence-electron chi connectivity index (χ3n) is 2.70. The van der Waals surface area contributed by atoms with Crippen molar-refractivity contribution in [2.24, 2.45) is 0 Å². The summed E-state index contributed by atoms with van der Waals surface area (Å²) in [4.78, 5) is 37.4. The summed E-state index contributed by atoms with van der Waals surface area (Å²) in [6.07, 6.45) is 1.02. The van der Waals surface area contributed by atoms with Crippen LogP contribution < -0.4 is 5.32 Å². The summed E-state index contributed by atoms with van der Waals surface area (Å²) >= 11 is 0. The maximum atomic E-state index is 11.0. The first-order valence-corrected chi connectivity index (χ1v) is 9.77. The number of hydrogen-bond acceptors (Lipinski definition) is 6. The molecule has 0 heterocycles. The molecule has 0 bridgehead atoms. The smallest absolute Gasteiger partial charge is 0.354 e. The highest BCUT2D eigenvalue weighted by atomic mass is 31.2. The minimum Gasteiger partial charge on any atom is -0.395 e. The number of rotatable bonds is 12. The van der Waals surface area contributed by atoms with Crippen molar-refractivity contribution in [2.75, 3.05) is 39.4 Å². The monoisotopic (exact) mass is 350 g/mol. The van der Waals surface area contributed by atoms with Crippen LogP contribution in [0.2, 0.25) is 0 Å². The molecule has 0 aliphatic rings. The SMILES string of the molecule is O=P(O)(O)C(NCCCCN(CCO)CCO)P(=O)(O)O. The van der Waals surface area contributed by atoms with E-state index in [0.717, 1.165) is 0 Å². The van der Waals surface area contributed by atoms with E-state index in [1.54, 1.807) is 0 Å². The first-order chi connectivity index (χ1) is 9.62. The molecule has 0 aromatic heterocycles. The number of aliphatic hydroxyl groups is 2. The molecule has 0 atom stereocenters. The number of nitrogens with zero attached hydrogens (tertiary/aromatic N) is 1. The minimum atomic E-state index is -4.94. The van der Waals surface area contributed by atoms with Crippen molar-refractivity contribution in [1.29, 1.82) is 0 Å². The molecular weight excluding hydrogens is 326 g/mol. The summed E-state index contributed by atoms with van der Waals surface area (Å²) in [5.41, 5.74) is -2.18. The number of nitrogens with one attached hydrogen (secondary N) is 1. The van der Waals surface area contributed by atoms with Crippen molar-refractivity contribution in [3.8, 4) is 0 Å². The second kappa shape index (κ2) is 10.0. The summed E-state index contributed by atoms with van der Waals surface area (Å²) in [7, 11) is -9.87. The Morgan fingerprint density at radius 3 is 1.71 bits per heavy atom. The number of hydrogen-bond donors (Lipinski definition) is 7. The molecule has 21 heavy (non-hydrogen) atoms. The van der Waals surface area contributed by atoms with E-state index in [2.05, 4.69) is 5.32 Å². The van der Waals surface area contributed by atoms with Crippen LogP contribution in [0.4, 0.5) is 0 Å². The highest BCUT2D eigenvalue weighted by Gasteiger charge is 2.42. The maximum Gasteiger partial charge on any atom is 0.354 e. The van der Waals surface area contributed by atoms with E-state index < -0.39 is 20.7 Å². The average Bonchev–Trinajstić information content (AvgIpc) is 2.30. The number of unbranched alkanes of at least 4 members (excludes halogenated alkanes) is 1. The molecule has 0 amide bonds. The van der Waals surface area contributed by atoms with Gasteiger partial charge in [-0.2, -0.15) is 0 Å². The van der Waals surface area contributed by atoms with Gasteiger partial charge in [-0.05, 0) is 25.9 Å². The molecule has 0 saturated carbocycles. The predicted molar refractivity (Wildman–Crippen MR) is 75.7 cm³/mol. The van der Waals surface area contributed by atoms with Gasteiger partial charge in [-0.15, -0.1) is 0 Å². The molecule has 0 aliphatic carbocycles. The zero-order chi connectivity index (χ0) is 16.5. The van der Waals surface area contributed by atoms with Crippen LogP contribution >= 0.6 is 15.2 Å². The van der Waals surface area contributed by atoms with Crippen LogP contribution in [-0.2, 0) is 9.13 Å². The normalized spacial score (nSPS) is 13.3. The van der Waals surface area contributed by atoms with E-state index in [1.807, 2.05) is 4.90 Å². The lowest BCUT2D eigenvalue weighted by Crippen LogP contribution is -2.32. The fraction of sp³-hybridized carbons (Fsp3) is 1.00. The second-order valence-electron chi connectivity index (χ2n) is 4.50. The summed E-state index contributed by atoms with van der Waals surface area (Å²) in [5.74, 6) is 0. The van der Waals surface area contributed by atoms with Crippen molar-refractivity contribution in [3.05, 3.63) is 0 Å². The quantitative estimate of drug-likeness (QED) is 0.159. The van der Waals surface area contributed by atoms with E-state index >= 15 is 0 Å². The average molecular weight is 350 g/mol. The van der Waals surface area contributed by atoms with Gasteiger partial charge in [-0.3, -0.25) is 19.3 Å². The van der Waals surface area contributed by atoms with Gasteiger partial charge >= 0.3 is 15.2 Å². The molecule has 0 aromatic rings.